The first kappa shape index (κ1) is 79.6. The highest BCUT2D eigenvalue weighted by Gasteiger charge is 2.14. The Morgan fingerprint density at radius 3 is 1.29 bits per heavy atom. The van der Waals surface area contributed by atoms with Crippen molar-refractivity contribution in [2.75, 3.05) is 25.6 Å². The summed E-state index contributed by atoms with van der Waals surface area (Å²) < 4.78 is 4.83. The highest BCUT2D eigenvalue weighted by atomic mass is 35.5. The number of rotatable bonds is 11. The fourth-order valence-corrected chi connectivity index (χ4v) is 6.91. The van der Waals surface area contributed by atoms with Gasteiger partial charge in [-0.2, -0.15) is 0 Å². The summed E-state index contributed by atoms with van der Waals surface area (Å²) in [6.45, 7) is 31.9. The number of aliphatic imine (C=N–C) groups is 1. The summed E-state index contributed by atoms with van der Waals surface area (Å²) in [5, 5.41) is 25.9. The average Bonchev–Trinajstić information content (AvgIpc) is 3.56. The molecule has 0 bridgehead atoms. The molecule has 0 aliphatic rings. The molecule has 0 fully saturated rings. The fraction of sp³-hybridized carbons (Fsp3) is 0.394. The van der Waals surface area contributed by atoms with Gasteiger partial charge >= 0.3 is 5.97 Å². The number of aromatic nitrogens is 5. The van der Waals surface area contributed by atoms with Gasteiger partial charge in [-0.3, -0.25) is 24.9 Å². The normalized spacial score (nSPS) is 9.77. The molecule has 18 heteroatoms. The van der Waals surface area contributed by atoms with Crippen LogP contribution in [0.25, 0.3) is 0 Å². The van der Waals surface area contributed by atoms with E-state index in [0.717, 1.165) is 52.4 Å². The number of pyridine rings is 5. The number of hydrogen-bond acceptors (Lipinski definition) is 14. The first-order valence-electron chi connectivity index (χ1n) is 27.6. The molecule has 0 saturated heterocycles. The number of aryl methyl sites for hydroxylation is 6. The minimum Gasteiger partial charge on any atom is -0.462 e. The highest BCUT2D eigenvalue weighted by Crippen LogP contribution is 2.23. The number of aliphatic hydroxyl groups excluding tert-OH is 2. The summed E-state index contributed by atoms with van der Waals surface area (Å²) in [7, 11) is 1.50. The molecule has 0 atom stereocenters. The standard InChI is InChI=1S/C19H25N3S.C12H15NS.C9H11NO2.C8H11N.C7H10N2.C7H9NO.C2H6O.CH2Cl2.CH5N/c1-14-16(6-5-11-20-14)13-22-18(23)21-12-15-7-9-17(10-8-15)19(2,3)4;1-12(2,3)11-6-4-10(5-7-11)8-13-9-14;1-3-12-9(11)8-5-4-6-10-7(8)2;1-3-8-5-4-6-9-7(8)2;1-6-7(5-8)3-2-4-9-6;1-6-7(5-9)3-2-4-8-6;1-2-3;2-1-3;1-2/h5-11H,12-13H2,1-4H3,(H2,21,22,23);4-7H,8H2,1-3H3;4-6H,3H2,1-2H3;4-6H,3H2,1-2H3;2-4H,5,8H2,1H3;2-4,9H,5H2,1H3;3H,2H2,1H3;1H2;2H2,1H3. The van der Waals surface area contributed by atoms with E-state index in [1.165, 1.54) is 34.9 Å². The molecule has 8 N–H and O–H groups in total. The predicted octanol–water partition coefficient (Wildman–Crippen LogP) is 13.7. The Bertz CT molecular complexity index is 2790. The van der Waals surface area contributed by atoms with E-state index < -0.39 is 0 Å². The summed E-state index contributed by atoms with van der Waals surface area (Å²) in [6.07, 6.45) is 9.85. The third kappa shape index (κ3) is 36.3. The lowest BCUT2D eigenvalue weighted by Gasteiger charge is -2.19. The molecule has 0 amide bonds. The SMILES string of the molecule is CC(C)(C)c1ccc(CN=C=S)cc1.CCO.CCOC(=O)c1cccnc1C.CCc1cccnc1C.CN.Cc1ncccc1CN.Cc1ncccc1CNC(=S)NCc1ccc(C(C)(C)C)cc1.Cc1ncccc1CO.ClCCl. The molecular weight excluding hydrogens is 1130 g/mol. The van der Waals surface area contributed by atoms with Crippen LogP contribution in [0.15, 0.2) is 145 Å². The van der Waals surface area contributed by atoms with E-state index in [9.17, 15) is 4.79 Å². The van der Waals surface area contributed by atoms with Crippen LogP contribution in [0.5, 0.6) is 0 Å². The minimum absolute atomic E-state index is 0.0830. The number of nitrogens with two attached hydrogens (primary N) is 2. The third-order valence-electron chi connectivity index (χ3n) is 11.6. The van der Waals surface area contributed by atoms with Gasteiger partial charge in [0.2, 0.25) is 0 Å². The lowest BCUT2D eigenvalue weighted by Crippen LogP contribution is -2.34. The zero-order chi connectivity index (χ0) is 63.9. The van der Waals surface area contributed by atoms with Crippen molar-refractivity contribution in [1.29, 1.82) is 0 Å². The fourth-order valence-electron chi connectivity index (χ4n) is 6.70. The number of esters is 1. The molecule has 7 aromatic rings. The maximum Gasteiger partial charge on any atom is 0.339 e. The zero-order valence-corrected chi connectivity index (χ0v) is 55.4. The number of ether oxygens (including phenoxy) is 1. The maximum absolute atomic E-state index is 11.2. The topological polar surface area (TPSA) is 220 Å². The molecule has 0 spiro atoms. The van der Waals surface area contributed by atoms with Gasteiger partial charge in [-0.1, -0.05) is 121 Å². The summed E-state index contributed by atoms with van der Waals surface area (Å²) >= 11 is 19.4. The van der Waals surface area contributed by atoms with Crippen molar-refractivity contribution >= 4 is 63.9 Å². The van der Waals surface area contributed by atoms with Crippen molar-refractivity contribution in [3.05, 3.63) is 219 Å². The second kappa shape index (κ2) is 47.9. The number of nitrogens with zero attached hydrogens (tertiary/aromatic N) is 6. The Morgan fingerprint density at radius 1 is 0.595 bits per heavy atom. The van der Waals surface area contributed by atoms with Crippen molar-refractivity contribution in [1.82, 2.24) is 35.6 Å². The molecule has 0 saturated carbocycles. The van der Waals surface area contributed by atoms with Crippen LogP contribution in [0.2, 0.25) is 0 Å². The van der Waals surface area contributed by atoms with E-state index in [1.807, 2.05) is 70.3 Å². The number of carbonyl (C=O) groups excluding carboxylic acids is 1. The van der Waals surface area contributed by atoms with Crippen molar-refractivity contribution in [2.45, 2.75) is 147 Å². The molecule has 5 aromatic heterocycles. The minimum atomic E-state index is -0.303. The van der Waals surface area contributed by atoms with Gasteiger partial charge in [0.05, 0.1) is 41.5 Å². The number of carbonyl (C=O) groups is 1. The summed E-state index contributed by atoms with van der Waals surface area (Å²) in [6, 6.07) is 36.3. The molecule has 0 aliphatic heterocycles. The Hall–Kier alpha value is -6.43. The van der Waals surface area contributed by atoms with Gasteiger partial charge in [0.25, 0.3) is 0 Å². The molecule has 14 nitrogen and oxygen atoms in total. The van der Waals surface area contributed by atoms with Crippen LogP contribution in [0.4, 0.5) is 0 Å². The van der Waals surface area contributed by atoms with Gasteiger partial charge in [0.15, 0.2) is 5.11 Å². The van der Waals surface area contributed by atoms with Gasteiger partial charge < -0.3 is 37.1 Å². The Kier molecular flexibility index (Phi) is 45.4. The first-order valence-corrected chi connectivity index (χ1v) is 29.5. The molecule has 2 aromatic carbocycles. The van der Waals surface area contributed by atoms with Crippen molar-refractivity contribution in [2.24, 2.45) is 16.5 Å². The molecule has 84 heavy (non-hydrogen) atoms. The number of aliphatic hydroxyl groups is 2. The van der Waals surface area contributed by atoms with Gasteiger partial charge in [-0.25, -0.2) is 9.79 Å². The molecule has 0 unspecified atom stereocenters. The molecule has 0 aliphatic carbocycles. The largest absolute Gasteiger partial charge is 0.462 e. The van der Waals surface area contributed by atoms with E-state index in [-0.39, 0.29) is 35.4 Å². The van der Waals surface area contributed by atoms with Crippen LogP contribution in [0.3, 0.4) is 0 Å². The summed E-state index contributed by atoms with van der Waals surface area (Å²) in [4.78, 5) is 35.6. The van der Waals surface area contributed by atoms with Crippen LogP contribution in [0.1, 0.15) is 146 Å². The second-order valence-corrected chi connectivity index (χ2v) is 21.2. The number of benzene rings is 2. The van der Waals surface area contributed by atoms with Gasteiger partial charge in [0.1, 0.15) is 0 Å². The van der Waals surface area contributed by atoms with Crippen molar-refractivity contribution in [3.63, 3.8) is 0 Å². The predicted molar refractivity (Wildman–Crippen MR) is 359 cm³/mol. The smallest absolute Gasteiger partial charge is 0.339 e. The van der Waals surface area contributed by atoms with Crippen LogP contribution < -0.4 is 22.1 Å². The Labute approximate surface area is 523 Å². The van der Waals surface area contributed by atoms with Crippen LogP contribution in [-0.4, -0.2) is 77.0 Å². The number of isothiocyanates is 1. The van der Waals surface area contributed by atoms with E-state index >= 15 is 0 Å². The van der Waals surface area contributed by atoms with Crippen LogP contribution >= 0.6 is 47.6 Å². The van der Waals surface area contributed by atoms with Crippen molar-refractivity contribution in [3.8, 4) is 0 Å². The lowest BCUT2D eigenvalue weighted by molar-refractivity contribution is 0.0525. The van der Waals surface area contributed by atoms with Gasteiger partial charge in [0, 0.05) is 80.0 Å². The number of nitrogens with one attached hydrogen (secondary N) is 2. The van der Waals surface area contributed by atoms with E-state index in [4.69, 9.17) is 56.1 Å². The average molecular weight is 1230 g/mol. The summed E-state index contributed by atoms with van der Waals surface area (Å²) in [5.41, 5.74) is 25.3. The number of alkyl halides is 2. The lowest BCUT2D eigenvalue weighted by atomic mass is 9.87. The second-order valence-electron chi connectivity index (χ2n) is 19.8. The number of hydrogen-bond donors (Lipinski definition) is 6. The monoisotopic (exact) mass is 1220 g/mol. The van der Waals surface area contributed by atoms with E-state index in [2.05, 4.69) is 173 Å². The molecular formula is C66H94Cl2N10O4S2. The van der Waals surface area contributed by atoms with Gasteiger partial charge in [-0.05, 0) is 178 Å². The van der Waals surface area contributed by atoms with Crippen LogP contribution in [0, 0.1) is 34.6 Å². The third-order valence-corrected chi connectivity index (χ3v) is 12.0. The number of thiocarbonyl (C=S) groups is 2. The van der Waals surface area contributed by atoms with Gasteiger partial charge in [-0.15, -0.1) is 23.2 Å². The van der Waals surface area contributed by atoms with E-state index in [0.29, 0.717) is 42.6 Å². The highest BCUT2D eigenvalue weighted by molar-refractivity contribution is 7.80. The molecule has 458 valence electrons. The van der Waals surface area contributed by atoms with Crippen LogP contribution in [-0.2, 0) is 54.8 Å². The van der Waals surface area contributed by atoms with Crippen molar-refractivity contribution < 1.29 is 19.7 Å². The first-order chi connectivity index (χ1) is 40.0. The molecule has 0 radical (unpaired) electrons. The molecule has 5 heterocycles. The molecule has 7 rings (SSSR count). The zero-order valence-electron chi connectivity index (χ0n) is 52.3. The van der Waals surface area contributed by atoms with E-state index in [1.54, 1.807) is 57.7 Å². The Balaban J connectivity index is 0. The quantitative estimate of drug-likeness (QED) is 0.0307. The maximum atomic E-state index is 11.2. The number of halogens is 2. The summed E-state index contributed by atoms with van der Waals surface area (Å²) in [5.74, 6) is -0.303. The Morgan fingerprint density at radius 2 is 0.964 bits per heavy atom.